The number of fused-ring (bicyclic) bond motifs is 3. The lowest BCUT2D eigenvalue weighted by molar-refractivity contribution is -0.908. The highest BCUT2D eigenvalue weighted by molar-refractivity contribution is 5.84. The van der Waals surface area contributed by atoms with E-state index >= 15 is 0 Å². The van der Waals surface area contributed by atoms with Gasteiger partial charge in [-0.05, 0) is 23.8 Å². The molecule has 2 aliphatic heterocycles. The summed E-state index contributed by atoms with van der Waals surface area (Å²) in [6, 6.07) is 8.47. The van der Waals surface area contributed by atoms with E-state index in [2.05, 4.69) is 0 Å². The van der Waals surface area contributed by atoms with Crippen molar-refractivity contribution >= 4 is 11.0 Å². The van der Waals surface area contributed by atoms with Crippen LogP contribution in [-0.2, 0) is 6.42 Å². The Morgan fingerprint density at radius 3 is 2.86 bits per heavy atom. The lowest BCUT2D eigenvalue weighted by Gasteiger charge is -2.32. The molecular formula is C21H20NO6+. The lowest BCUT2D eigenvalue weighted by atomic mass is 9.87. The predicted octanol–water partition coefficient (Wildman–Crippen LogP) is 1.40. The molecule has 0 spiro atoms. The van der Waals surface area contributed by atoms with Crippen LogP contribution in [0.15, 0.2) is 39.5 Å². The average Bonchev–Trinajstić information content (AvgIpc) is 3.16. The Labute approximate surface area is 160 Å². The number of benzene rings is 2. The number of ether oxygens (including phenoxy) is 3. The molecule has 2 N–H and O–H groups in total. The number of hydrogen-bond donors (Lipinski definition) is 2. The first kappa shape index (κ1) is 16.9. The van der Waals surface area contributed by atoms with Crippen LogP contribution in [0, 0.1) is 0 Å². The molecule has 0 aliphatic carbocycles. The molecule has 144 valence electrons. The Balaban J connectivity index is 1.82. The molecule has 1 unspecified atom stereocenters. The van der Waals surface area contributed by atoms with Gasteiger partial charge in [0.25, 0.3) is 0 Å². The first-order chi connectivity index (χ1) is 13.6. The molecule has 7 nitrogen and oxygen atoms in total. The van der Waals surface area contributed by atoms with Crippen LogP contribution >= 0.6 is 0 Å². The van der Waals surface area contributed by atoms with Gasteiger partial charge >= 0.3 is 5.63 Å². The zero-order chi connectivity index (χ0) is 19.4. The minimum absolute atomic E-state index is 0.0521. The van der Waals surface area contributed by atoms with Gasteiger partial charge in [-0.2, -0.15) is 0 Å². The summed E-state index contributed by atoms with van der Waals surface area (Å²) in [5.74, 6) is 1.67. The Kier molecular flexibility index (Phi) is 3.73. The Morgan fingerprint density at radius 2 is 2.04 bits per heavy atom. The van der Waals surface area contributed by atoms with Crippen LogP contribution in [0.5, 0.6) is 23.0 Å². The van der Waals surface area contributed by atoms with E-state index in [1.54, 1.807) is 31.4 Å². The second kappa shape index (κ2) is 6.17. The molecule has 2 aliphatic rings. The summed E-state index contributed by atoms with van der Waals surface area (Å²) in [6.45, 7) is 0.914. The maximum Gasteiger partial charge on any atom is 0.349 e. The quantitative estimate of drug-likeness (QED) is 0.652. The number of aromatic hydroxyl groups is 1. The molecule has 3 heterocycles. The molecule has 2 aromatic carbocycles. The van der Waals surface area contributed by atoms with Gasteiger partial charge in [0, 0.05) is 6.42 Å². The van der Waals surface area contributed by atoms with E-state index in [4.69, 9.17) is 18.6 Å². The van der Waals surface area contributed by atoms with Gasteiger partial charge in [0.1, 0.15) is 16.9 Å². The summed E-state index contributed by atoms with van der Waals surface area (Å²) in [4.78, 5) is 14.0. The number of rotatable bonds is 2. The van der Waals surface area contributed by atoms with Crippen LogP contribution < -0.4 is 24.7 Å². The number of para-hydroxylation sites is 1. The van der Waals surface area contributed by atoms with E-state index in [1.807, 2.05) is 13.1 Å². The van der Waals surface area contributed by atoms with E-state index in [9.17, 15) is 9.90 Å². The lowest BCUT2D eigenvalue weighted by Crippen LogP contribution is -3.10. The molecule has 1 aromatic heterocycles. The van der Waals surface area contributed by atoms with Gasteiger partial charge in [0.2, 0.25) is 12.5 Å². The third-order valence-electron chi connectivity index (χ3n) is 5.63. The molecule has 5 rings (SSSR count). The number of nitrogens with one attached hydrogen (secondary N) is 1. The van der Waals surface area contributed by atoms with Crippen LogP contribution in [0.25, 0.3) is 11.0 Å². The third-order valence-corrected chi connectivity index (χ3v) is 5.63. The molecule has 2 atom stereocenters. The van der Waals surface area contributed by atoms with Crippen molar-refractivity contribution in [1.29, 1.82) is 0 Å². The van der Waals surface area contributed by atoms with Crippen molar-refractivity contribution in [2.75, 3.05) is 27.5 Å². The molecular weight excluding hydrogens is 362 g/mol. The van der Waals surface area contributed by atoms with Crippen molar-refractivity contribution in [1.82, 2.24) is 0 Å². The monoisotopic (exact) mass is 382 g/mol. The molecule has 0 fully saturated rings. The highest BCUT2D eigenvalue weighted by Gasteiger charge is 2.41. The summed E-state index contributed by atoms with van der Waals surface area (Å²) in [7, 11) is 3.56. The van der Waals surface area contributed by atoms with E-state index in [0.29, 0.717) is 28.2 Å². The fraction of sp³-hybridized carbons (Fsp3) is 0.286. The minimum atomic E-state index is -0.548. The molecule has 0 radical (unpaired) electrons. The fourth-order valence-electron chi connectivity index (χ4n) is 4.32. The molecule has 0 saturated heterocycles. The molecule has 0 amide bonds. The van der Waals surface area contributed by atoms with Crippen molar-refractivity contribution in [3.8, 4) is 23.0 Å². The zero-order valence-corrected chi connectivity index (χ0v) is 15.6. The fourth-order valence-corrected chi connectivity index (χ4v) is 4.32. The zero-order valence-electron chi connectivity index (χ0n) is 15.6. The van der Waals surface area contributed by atoms with Gasteiger partial charge < -0.3 is 28.6 Å². The number of likely N-dealkylation sites (N-methyl/N-ethyl adjacent to an activating group) is 1. The van der Waals surface area contributed by atoms with E-state index in [-0.39, 0.29) is 18.1 Å². The standard InChI is InChI=1S/C21H19NO6/c1-22-8-7-11-9-14-19(27-10-26-14)20(25-2)15(11)17(22)16-18(23)12-5-3-4-6-13(12)28-21(16)24/h3-6,9,17,23H,7-8,10H2,1-2H3/p+1/t17-/m1/s1. The summed E-state index contributed by atoms with van der Waals surface area (Å²) in [6.07, 6.45) is 0.796. The SMILES string of the molecule is COc1c2c(cc3c1[C@H](c1c(O)c4ccccc4oc1=O)[NH+](C)CC3)OCO2. The summed E-state index contributed by atoms with van der Waals surface area (Å²) in [5.41, 5.74) is 1.89. The van der Waals surface area contributed by atoms with Crippen molar-refractivity contribution < 1.29 is 28.6 Å². The summed E-state index contributed by atoms with van der Waals surface area (Å²) < 4.78 is 22.4. The molecule has 28 heavy (non-hydrogen) atoms. The van der Waals surface area contributed by atoms with Gasteiger partial charge in [-0.3, -0.25) is 0 Å². The number of methoxy groups -OCH3 is 1. The van der Waals surface area contributed by atoms with Crippen molar-refractivity contribution in [3.63, 3.8) is 0 Å². The number of quaternary nitrogens is 1. The highest BCUT2D eigenvalue weighted by Crippen LogP contribution is 2.49. The predicted molar refractivity (Wildman–Crippen MR) is 101 cm³/mol. The highest BCUT2D eigenvalue weighted by atomic mass is 16.7. The van der Waals surface area contributed by atoms with E-state index in [0.717, 1.165) is 29.0 Å². The van der Waals surface area contributed by atoms with Gasteiger partial charge in [0.05, 0.1) is 31.7 Å². The van der Waals surface area contributed by atoms with Gasteiger partial charge in [0.15, 0.2) is 17.5 Å². The molecule has 0 bridgehead atoms. The smallest absolute Gasteiger partial charge is 0.349 e. The Bertz CT molecular complexity index is 1150. The largest absolute Gasteiger partial charge is 0.506 e. The Morgan fingerprint density at radius 1 is 1.21 bits per heavy atom. The third kappa shape index (κ3) is 2.29. The van der Waals surface area contributed by atoms with Gasteiger partial charge in [-0.25, -0.2) is 4.79 Å². The minimum Gasteiger partial charge on any atom is -0.506 e. The first-order valence-electron chi connectivity index (χ1n) is 9.16. The van der Waals surface area contributed by atoms with Gasteiger partial charge in [-0.15, -0.1) is 0 Å². The maximum atomic E-state index is 12.9. The topological polar surface area (TPSA) is 82.6 Å². The van der Waals surface area contributed by atoms with Crippen LogP contribution in [0.4, 0.5) is 0 Å². The van der Waals surface area contributed by atoms with Gasteiger partial charge in [-0.1, -0.05) is 12.1 Å². The molecule has 7 heteroatoms. The second-order valence-corrected chi connectivity index (χ2v) is 7.14. The van der Waals surface area contributed by atoms with Crippen molar-refractivity contribution in [3.05, 3.63) is 57.4 Å². The van der Waals surface area contributed by atoms with Crippen LogP contribution in [0.2, 0.25) is 0 Å². The second-order valence-electron chi connectivity index (χ2n) is 7.14. The summed E-state index contributed by atoms with van der Waals surface area (Å²) in [5, 5.41) is 11.5. The average molecular weight is 382 g/mol. The first-order valence-corrected chi connectivity index (χ1v) is 9.16. The van der Waals surface area contributed by atoms with Crippen LogP contribution in [0.1, 0.15) is 22.7 Å². The van der Waals surface area contributed by atoms with Crippen molar-refractivity contribution in [2.24, 2.45) is 0 Å². The molecule has 0 saturated carbocycles. The maximum absolute atomic E-state index is 12.9. The Hall–Kier alpha value is -3.19. The summed E-state index contributed by atoms with van der Waals surface area (Å²) >= 11 is 0. The van der Waals surface area contributed by atoms with E-state index in [1.165, 1.54) is 0 Å². The normalized spacial score (nSPS) is 20.2. The van der Waals surface area contributed by atoms with Crippen LogP contribution in [-0.4, -0.2) is 32.6 Å². The number of hydrogen-bond acceptors (Lipinski definition) is 6. The van der Waals surface area contributed by atoms with E-state index < -0.39 is 11.7 Å². The molecule has 3 aromatic rings. The van der Waals surface area contributed by atoms with Crippen molar-refractivity contribution in [2.45, 2.75) is 12.5 Å². The van der Waals surface area contributed by atoms with Crippen LogP contribution in [0.3, 0.4) is 0 Å².